The van der Waals surface area contributed by atoms with E-state index in [-0.39, 0.29) is 5.82 Å². The number of para-hydroxylation sites is 1. The van der Waals surface area contributed by atoms with Crippen LogP contribution in [0.15, 0.2) is 24.3 Å². The SMILES string of the molecule is Fc1ccccc1Nc1nn(C[NH+]2CCCC2)c(=S)s1. The van der Waals surface area contributed by atoms with E-state index in [0.29, 0.717) is 10.8 Å². The van der Waals surface area contributed by atoms with Crippen LogP contribution in [0, 0.1) is 9.77 Å². The number of hydrogen-bond donors (Lipinski definition) is 2. The predicted octanol–water partition coefficient (Wildman–Crippen LogP) is 2.19. The van der Waals surface area contributed by atoms with E-state index in [4.69, 9.17) is 12.2 Å². The quantitative estimate of drug-likeness (QED) is 0.850. The first kappa shape index (κ1) is 13.7. The first-order valence-electron chi connectivity index (χ1n) is 6.65. The van der Waals surface area contributed by atoms with Crippen molar-refractivity contribution >= 4 is 34.4 Å². The van der Waals surface area contributed by atoms with E-state index in [0.717, 1.165) is 10.6 Å². The molecule has 0 radical (unpaired) electrons. The summed E-state index contributed by atoms with van der Waals surface area (Å²) in [5.74, 6) is -0.287. The van der Waals surface area contributed by atoms with E-state index in [2.05, 4.69) is 10.4 Å². The van der Waals surface area contributed by atoms with Gasteiger partial charge in [0.15, 0.2) is 10.6 Å². The molecule has 4 nitrogen and oxygen atoms in total. The van der Waals surface area contributed by atoms with Crippen LogP contribution in [0.25, 0.3) is 0 Å². The molecule has 1 aromatic heterocycles. The van der Waals surface area contributed by atoms with Gasteiger partial charge in [0.1, 0.15) is 5.82 Å². The van der Waals surface area contributed by atoms with Gasteiger partial charge in [0.25, 0.3) is 0 Å². The molecule has 1 aliphatic heterocycles. The Morgan fingerprint density at radius 3 is 2.85 bits per heavy atom. The predicted molar refractivity (Wildman–Crippen MR) is 80.6 cm³/mol. The molecule has 0 bridgehead atoms. The Morgan fingerprint density at radius 1 is 1.35 bits per heavy atom. The zero-order chi connectivity index (χ0) is 13.9. The van der Waals surface area contributed by atoms with Crippen LogP contribution in [0.3, 0.4) is 0 Å². The lowest BCUT2D eigenvalue weighted by Crippen LogP contribution is -3.09. The van der Waals surface area contributed by atoms with Crippen LogP contribution < -0.4 is 10.2 Å². The maximum absolute atomic E-state index is 13.6. The van der Waals surface area contributed by atoms with Gasteiger partial charge in [-0.1, -0.05) is 23.5 Å². The lowest BCUT2D eigenvalue weighted by molar-refractivity contribution is -0.911. The Bertz CT molecular complexity index is 646. The topological polar surface area (TPSA) is 34.3 Å². The molecule has 0 unspecified atom stereocenters. The van der Waals surface area contributed by atoms with Crippen molar-refractivity contribution < 1.29 is 9.29 Å². The fraction of sp³-hybridized carbons (Fsp3) is 0.385. The third-order valence-corrected chi connectivity index (χ3v) is 4.63. The van der Waals surface area contributed by atoms with Crippen molar-refractivity contribution in [1.29, 1.82) is 0 Å². The lowest BCUT2D eigenvalue weighted by atomic mass is 10.3. The number of anilines is 2. The molecule has 0 spiro atoms. The van der Waals surface area contributed by atoms with Crippen LogP contribution in [0.5, 0.6) is 0 Å². The van der Waals surface area contributed by atoms with Gasteiger partial charge < -0.3 is 10.2 Å². The molecule has 1 aliphatic rings. The summed E-state index contributed by atoms with van der Waals surface area (Å²) in [7, 11) is 0. The largest absolute Gasteiger partial charge is 0.328 e. The number of hydrogen-bond acceptors (Lipinski definition) is 4. The van der Waals surface area contributed by atoms with Crippen molar-refractivity contribution in [3.8, 4) is 0 Å². The second-order valence-corrected chi connectivity index (χ2v) is 6.52. The molecule has 0 atom stereocenters. The van der Waals surface area contributed by atoms with Gasteiger partial charge in [-0.2, -0.15) is 4.68 Å². The molecule has 0 aliphatic carbocycles. The average Bonchev–Trinajstić information content (AvgIpc) is 3.04. The summed E-state index contributed by atoms with van der Waals surface area (Å²) in [6.45, 7) is 3.15. The van der Waals surface area contributed by atoms with Gasteiger partial charge in [-0.05, 0) is 24.4 Å². The van der Waals surface area contributed by atoms with Gasteiger partial charge in [-0.3, -0.25) is 0 Å². The Labute approximate surface area is 125 Å². The average molecular weight is 311 g/mol. The molecule has 2 aromatic rings. The fourth-order valence-corrected chi connectivity index (χ4v) is 3.40. The minimum absolute atomic E-state index is 0.287. The monoisotopic (exact) mass is 311 g/mol. The Balaban J connectivity index is 1.75. The highest BCUT2D eigenvalue weighted by molar-refractivity contribution is 7.73. The van der Waals surface area contributed by atoms with Crippen LogP contribution in [-0.2, 0) is 6.67 Å². The summed E-state index contributed by atoms with van der Waals surface area (Å²) in [5.41, 5.74) is 0.428. The molecule has 20 heavy (non-hydrogen) atoms. The summed E-state index contributed by atoms with van der Waals surface area (Å²) >= 11 is 6.71. The number of benzene rings is 1. The summed E-state index contributed by atoms with van der Waals surface area (Å²) < 4.78 is 16.1. The van der Waals surface area contributed by atoms with Crippen LogP contribution >= 0.6 is 23.6 Å². The fourth-order valence-electron chi connectivity index (χ4n) is 2.38. The number of nitrogens with one attached hydrogen (secondary N) is 2. The maximum Gasteiger partial charge on any atom is 0.209 e. The van der Waals surface area contributed by atoms with E-state index < -0.39 is 0 Å². The van der Waals surface area contributed by atoms with E-state index >= 15 is 0 Å². The van der Waals surface area contributed by atoms with E-state index in [1.54, 1.807) is 18.2 Å². The number of halogens is 1. The van der Waals surface area contributed by atoms with Gasteiger partial charge in [-0.15, -0.1) is 5.10 Å². The molecule has 1 fully saturated rings. The van der Waals surface area contributed by atoms with Crippen LogP contribution in [0.2, 0.25) is 0 Å². The van der Waals surface area contributed by atoms with Crippen molar-refractivity contribution in [2.75, 3.05) is 18.4 Å². The van der Waals surface area contributed by atoms with Gasteiger partial charge in [0.2, 0.25) is 5.13 Å². The van der Waals surface area contributed by atoms with E-state index in [9.17, 15) is 4.39 Å². The van der Waals surface area contributed by atoms with Gasteiger partial charge >= 0.3 is 0 Å². The highest BCUT2D eigenvalue weighted by Crippen LogP contribution is 2.22. The second kappa shape index (κ2) is 5.99. The third-order valence-electron chi connectivity index (χ3n) is 3.41. The molecule has 106 valence electrons. The first-order chi connectivity index (χ1) is 9.72. The van der Waals surface area contributed by atoms with Crippen molar-refractivity contribution in [2.45, 2.75) is 19.5 Å². The number of nitrogens with zero attached hydrogens (tertiary/aromatic N) is 2. The second-order valence-electron chi connectivity index (χ2n) is 4.89. The Kier molecular flexibility index (Phi) is 4.09. The summed E-state index contributed by atoms with van der Waals surface area (Å²) in [6.07, 6.45) is 2.54. The van der Waals surface area contributed by atoms with Gasteiger partial charge in [-0.25, -0.2) is 4.39 Å². The summed E-state index contributed by atoms with van der Waals surface area (Å²) in [4.78, 5) is 1.50. The van der Waals surface area contributed by atoms with Crippen molar-refractivity contribution in [3.05, 3.63) is 34.0 Å². The Morgan fingerprint density at radius 2 is 2.10 bits per heavy atom. The van der Waals surface area contributed by atoms with Gasteiger partial charge in [0, 0.05) is 12.8 Å². The normalized spacial score (nSPS) is 15.7. The minimum atomic E-state index is -0.287. The number of rotatable bonds is 4. The van der Waals surface area contributed by atoms with Gasteiger partial charge in [0.05, 0.1) is 18.8 Å². The summed E-state index contributed by atoms with van der Waals surface area (Å²) in [6, 6.07) is 6.57. The van der Waals surface area contributed by atoms with Crippen molar-refractivity contribution in [3.63, 3.8) is 0 Å². The summed E-state index contributed by atoms with van der Waals surface area (Å²) in [5, 5.41) is 8.07. The first-order valence-corrected chi connectivity index (χ1v) is 7.88. The maximum atomic E-state index is 13.6. The van der Waals surface area contributed by atoms with Crippen molar-refractivity contribution in [1.82, 2.24) is 9.78 Å². The number of likely N-dealkylation sites (tertiary alicyclic amines) is 1. The highest BCUT2D eigenvalue weighted by atomic mass is 32.1. The molecule has 1 aromatic carbocycles. The number of quaternary nitrogens is 1. The zero-order valence-corrected chi connectivity index (χ0v) is 12.6. The molecule has 2 N–H and O–H groups in total. The molecule has 0 saturated carbocycles. The van der Waals surface area contributed by atoms with E-state index in [1.807, 2.05) is 4.68 Å². The molecule has 0 amide bonds. The molecular formula is C13H16FN4S2+. The minimum Gasteiger partial charge on any atom is -0.328 e. The molecule has 1 saturated heterocycles. The van der Waals surface area contributed by atoms with Crippen LogP contribution in [0.4, 0.5) is 15.2 Å². The molecular weight excluding hydrogens is 295 g/mol. The molecule has 2 heterocycles. The van der Waals surface area contributed by atoms with Crippen molar-refractivity contribution in [2.24, 2.45) is 0 Å². The molecule has 3 rings (SSSR count). The lowest BCUT2D eigenvalue weighted by Gasteiger charge is -2.11. The van der Waals surface area contributed by atoms with Crippen LogP contribution in [-0.4, -0.2) is 22.9 Å². The highest BCUT2D eigenvalue weighted by Gasteiger charge is 2.17. The van der Waals surface area contributed by atoms with E-state index in [1.165, 1.54) is 48.2 Å². The number of aromatic nitrogens is 2. The Hall–Kier alpha value is -1.31. The molecule has 7 heteroatoms. The third kappa shape index (κ3) is 3.05. The zero-order valence-electron chi connectivity index (χ0n) is 10.9. The standard InChI is InChI=1S/C13H15FN4S2/c14-10-5-1-2-6-11(10)15-12-16-18(13(19)20-12)9-17-7-3-4-8-17/h1-2,5-6H,3-4,7-9H2,(H,15,16)/p+1. The van der Waals surface area contributed by atoms with Crippen LogP contribution in [0.1, 0.15) is 12.8 Å². The smallest absolute Gasteiger partial charge is 0.209 e.